The van der Waals surface area contributed by atoms with Crippen LogP contribution < -0.4 is 4.90 Å². The lowest BCUT2D eigenvalue weighted by Gasteiger charge is -2.40. The molecule has 1 N–H and O–H groups in total. The first-order valence-electron chi connectivity index (χ1n) is 12.5. The van der Waals surface area contributed by atoms with Crippen molar-refractivity contribution < 1.29 is 24.2 Å². The van der Waals surface area contributed by atoms with Crippen LogP contribution in [0.4, 0.5) is 5.69 Å². The first-order chi connectivity index (χ1) is 17.3. The first kappa shape index (κ1) is 25.4. The Labute approximate surface area is 220 Å². The summed E-state index contributed by atoms with van der Waals surface area (Å²) < 4.78 is 4.63. The molecule has 7 nitrogen and oxygen atoms in total. The van der Waals surface area contributed by atoms with Crippen molar-refractivity contribution in [2.45, 2.75) is 48.8 Å². The van der Waals surface area contributed by atoms with Gasteiger partial charge in [-0.2, -0.15) is 0 Å². The molecule has 2 amide bonds. The number of thioether (sulfide) groups is 1. The second kappa shape index (κ2) is 9.88. The number of carbonyl (C=O) groups excluding carboxylic acids is 3. The van der Waals surface area contributed by atoms with E-state index in [1.165, 1.54) is 11.8 Å². The molecule has 9 heteroatoms. The smallest absolute Gasteiger partial charge is 0.311 e. The zero-order chi connectivity index (χ0) is 25.6. The third-order valence-corrected chi connectivity index (χ3v) is 9.81. The molecular weight excluding hydrogens is 500 g/mol. The molecule has 0 radical (unpaired) electrons. The van der Waals surface area contributed by atoms with Gasteiger partial charge in [0.15, 0.2) is 0 Å². The van der Waals surface area contributed by atoms with Gasteiger partial charge in [0.1, 0.15) is 6.04 Å². The van der Waals surface area contributed by atoms with Gasteiger partial charge in [-0.15, -0.1) is 11.8 Å². The number of anilines is 1. The van der Waals surface area contributed by atoms with E-state index in [0.29, 0.717) is 17.3 Å². The number of aliphatic hydroxyl groups excluding tert-OH is 1. The average molecular weight is 531 g/mol. The third kappa shape index (κ3) is 3.89. The maximum Gasteiger partial charge on any atom is 0.311 e. The van der Waals surface area contributed by atoms with E-state index in [1.54, 1.807) is 28.0 Å². The number of halogens is 1. The van der Waals surface area contributed by atoms with Gasteiger partial charge < -0.3 is 19.6 Å². The Hall–Kier alpha value is -2.29. The fourth-order valence-electron chi connectivity index (χ4n) is 6.06. The molecule has 4 aliphatic heterocycles. The molecule has 0 saturated carbocycles. The SMILES string of the molecule is CC(C)[C@H](CO)N1C(=O)[C@@H]2[C@H]3C(=O)OCCC/C=C\[C@H]3S[C@@]23C=CCN(c2ccccc2Cl)C(=O)C13. The summed E-state index contributed by atoms with van der Waals surface area (Å²) in [7, 11) is 0. The van der Waals surface area contributed by atoms with Crippen molar-refractivity contribution in [3.8, 4) is 0 Å². The molecular formula is C27H31ClN2O5S. The number of hydrogen-bond acceptors (Lipinski definition) is 6. The molecule has 1 unspecified atom stereocenters. The molecule has 1 aromatic carbocycles. The monoisotopic (exact) mass is 530 g/mol. The highest BCUT2D eigenvalue weighted by atomic mass is 35.5. The van der Waals surface area contributed by atoms with Gasteiger partial charge in [-0.05, 0) is 30.9 Å². The summed E-state index contributed by atoms with van der Waals surface area (Å²) >= 11 is 7.99. The zero-order valence-electron chi connectivity index (χ0n) is 20.4. The van der Waals surface area contributed by atoms with Gasteiger partial charge in [0.2, 0.25) is 5.91 Å². The number of aliphatic hydroxyl groups is 1. The van der Waals surface area contributed by atoms with Crippen LogP contribution in [0.3, 0.4) is 0 Å². The normalized spacial score (nSPS) is 33.8. The zero-order valence-corrected chi connectivity index (χ0v) is 22.0. The molecule has 0 bridgehead atoms. The van der Waals surface area contributed by atoms with Crippen molar-refractivity contribution in [3.05, 3.63) is 53.6 Å². The van der Waals surface area contributed by atoms with Crippen molar-refractivity contribution in [2.24, 2.45) is 17.8 Å². The molecule has 2 saturated heterocycles. The number of cyclic esters (lactones) is 1. The van der Waals surface area contributed by atoms with E-state index in [4.69, 9.17) is 16.3 Å². The molecule has 4 heterocycles. The number of benzene rings is 1. The Morgan fingerprint density at radius 1 is 1.19 bits per heavy atom. The maximum atomic E-state index is 14.4. The summed E-state index contributed by atoms with van der Waals surface area (Å²) in [6, 6.07) is 5.67. The highest BCUT2D eigenvalue weighted by molar-refractivity contribution is 8.02. The molecule has 2 fully saturated rings. The molecule has 1 spiro atoms. The van der Waals surface area contributed by atoms with Crippen molar-refractivity contribution in [1.82, 2.24) is 4.90 Å². The average Bonchev–Trinajstić information content (AvgIpc) is 3.25. The highest BCUT2D eigenvalue weighted by Crippen LogP contribution is 2.61. The number of rotatable bonds is 4. The van der Waals surface area contributed by atoms with Crippen molar-refractivity contribution in [2.75, 3.05) is 24.7 Å². The molecule has 36 heavy (non-hydrogen) atoms. The Morgan fingerprint density at radius 3 is 2.69 bits per heavy atom. The third-order valence-electron chi connectivity index (χ3n) is 7.75. The van der Waals surface area contributed by atoms with E-state index in [0.717, 1.165) is 12.8 Å². The first-order valence-corrected chi connectivity index (χ1v) is 13.8. The van der Waals surface area contributed by atoms with Crippen LogP contribution in [0.5, 0.6) is 0 Å². The quantitative estimate of drug-likeness (QED) is 0.474. The number of fused-ring (bicyclic) bond motifs is 2. The van der Waals surface area contributed by atoms with Gasteiger partial charge in [-0.3, -0.25) is 14.4 Å². The van der Waals surface area contributed by atoms with Crippen LogP contribution in [-0.2, 0) is 19.1 Å². The number of ether oxygens (including phenoxy) is 1. The van der Waals surface area contributed by atoms with Crippen LogP contribution >= 0.6 is 23.4 Å². The predicted octanol–water partition coefficient (Wildman–Crippen LogP) is 3.45. The number of amides is 2. The standard InChI is InChI=1S/C27H31ClN2O5S/c1-16(2)19(15-31)30-23-25(33)29(18-10-6-5-9-17(18)28)13-8-12-27(23)22(24(30)32)21-20(36-27)11-4-3-7-14-35-26(21)34/h4-6,8-12,16,19-23,31H,3,7,13-15H2,1-2H3/b11-4-/t19-,20+,21-,22-,23?,27-/m0/s1. The molecule has 0 aliphatic carbocycles. The summed E-state index contributed by atoms with van der Waals surface area (Å²) in [4.78, 5) is 45.1. The van der Waals surface area contributed by atoms with Gasteiger partial charge in [0.05, 0.1) is 46.5 Å². The molecule has 5 rings (SSSR count). The summed E-state index contributed by atoms with van der Waals surface area (Å²) in [6.45, 7) is 4.15. The van der Waals surface area contributed by atoms with Crippen molar-refractivity contribution >= 4 is 46.8 Å². The van der Waals surface area contributed by atoms with Crippen LogP contribution in [0, 0.1) is 17.8 Å². The molecule has 0 aromatic heterocycles. The lowest BCUT2D eigenvalue weighted by Crippen LogP contribution is -2.57. The molecule has 1 aromatic rings. The van der Waals surface area contributed by atoms with Gasteiger partial charge in [0, 0.05) is 11.8 Å². The van der Waals surface area contributed by atoms with E-state index in [1.807, 2.05) is 44.2 Å². The summed E-state index contributed by atoms with van der Waals surface area (Å²) in [5.41, 5.74) is 0.566. The van der Waals surface area contributed by atoms with E-state index in [2.05, 4.69) is 0 Å². The van der Waals surface area contributed by atoms with Crippen LogP contribution in [0.25, 0.3) is 0 Å². The van der Waals surface area contributed by atoms with Gasteiger partial charge in [0.25, 0.3) is 5.91 Å². The Morgan fingerprint density at radius 2 is 1.97 bits per heavy atom. The van der Waals surface area contributed by atoms with Crippen LogP contribution in [0.2, 0.25) is 5.02 Å². The molecule has 4 aliphatic rings. The van der Waals surface area contributed by atoms with E-state index in [9.17, 15) is 19.5 Å². The topological polar surface area (TPSA) is 87.2 Å². The Kier molecular flexibility index (Phi) is 6.96. The minimum atomic E-state index is -0.968. The number of nitrogens with zero attached hydrogens (tertiary/aromatic N) is 2. The lowest BCUT2D eigenvalue weighted by atomic mass is 9.78. The van der Waals surface area contributed by atoms with Crippen molar-refractivity contribution in [1.29, 1.82) is 0 Å². The number of carbonyl (C=O) groups is 3. The molecule has 6 atom stereocenters. The maximum absolute atomic E-state index is 14.4. The Balaban J connectivity index is 1.67. The minimum Gasteiger partial charge on any atom is -0.465 e. The van der Waals surface area contributed by atoms with Crippen LogP contribution in [-0.4, -0.2) is 69.6 Å². The summed E-state index contributed by atoms with van der Waals surface area (Å²) in [6.07, 6.45) is 9.42. The Bertz CT molecular complexity index is 1120. The molecule has 192 valence electrons. The van der Waals surface area contributed by atoms with Crippen LogP contribution in [0.15, 0.2) is 48.6 Å². The fourth-order valence-corrected chi connectivity index (χ4v) is 8.28. The predicted molar refractivity (Wildman–Crippen MR) is 140 cm³/mol. The highest BCUT2D eigenvalue weighted by Gasteiger charge is 2.72. The second-order valence-corrected chi connectivity index (χ2v) is 12.0. The van der Waals surface area contributed by atoms with Crippen LogP contribution in [0.1, 0.15) is 26.7 Å². The van der Waals surface area contributed by atoms with Gasteiger partial charge in [-0.1, -0.05) is 61.9 Å². The number of hydrogen-bond donors (Lipinski definition) is 1. The van der Waals surface area contributed by atoms with E-state index in [-0.39, 0.29) is 36.1 Å². The number of para-hydroxylation sites is 1. The van der Waals surface area contributed by atoms with Crippen molar-refractivity contribution in [3.63, 3.8) is 0 Å². The summed E-state index contributed by atoms with van der Waals surface area (Å²) in [5.74, 6) is -2.52. The number of esters is 1. The van der Waals surface area contributed by atoms with Gasteiger partial charge >= 0.3 is 5.97 Å². The van der Waals surface area contributed by atoms with E-state index < -0.39 is 34.6 Å². The number of likely N-dealkylation sites (tertiary alicyclic amines) is 1. The fraction of sp³-hybridized carbons (Fsp3) is 0.519. The largest absolute Gasteiger partial charge is 0.465 e. The van der Waals surface area contributed by atoms with Gasteiger partial charge in [-0.25, -0.2) is 0 Å². The number of allylic oxidation sites excluding steroid dienone is 1. The minimum absolute atomic E-state index is 0.100. The summed E-state index contributed by atoms with van der Waals surface area (Å²) in [5, 5.41) is 10.5. The lowest BCUT2D eigenvalue weighted by molar-refractivity contribution is -0.153. The second-order valence-electron chi connectivity index (χ2n) is 10.1. The van der Waals surface area contributed by atoms with E-state index >= 15 is 0 Å².